The van der Waals surface area contributed by atoms with E-state index >= 15 is 0 Å². The average Bonchev–Trinajstić information content (AvgIpc) is 2.40. The van der Waals surface area contributed by atoms with Gasteiger partial charge in [0.05, 0.1) is 11.1 Å². The molecule has 2 unspecified atom stereocenters. The van der Waals surface area contributed by atoms with Crippen LogP contribution in [0.2, 0.25) is 0 Å². The van der Waals surface area contributed by atoms with E-state index in [0.717, 1.165) is 11.8 Å². The summed E-state index contributed by atoms with van der Waals surface area (Å²) in [5, 5.41) is 0.215. The Hall–Kier alpha value is -0.690. The van der Waals surface area contributed by atoms with Crippen LogP contribution in [-0.2, 0) is 6.18 Å². The van der Waals surface area contributed by atoms with Gasteiger partial charge in [0.15, 0.2) is 0 Å². The molecule has 7 heteroatoms. The zero-order chi connectivity index (χ0) is 15.8. The second-order valence-electron chi connectivity index (χ2n) is 5.00. The first-order chi connectivity index (χ1) is 9.71. The summed E-state index contributed by atoms with van der Waals surface area (Å²) in [4.78, 5) is 14.1. The number of rotatable bonds is 1. The van der Waals surface area contributed by atoms with Gasteiger partial charge in [-0.1, -0.05) is 22.9 Å². The van der Waals surface area contributed by atoms with Crippen LogP contribution in [0.25, 0.3) is 0 Å². The smallest absolute Gasteiger partial charge is 0.334 e. The maximum Gasteiger partial charge on any atom is 0.417 e. The fourth-order valence-electron chi connectivity index (χ4n) is 2.31. The van der Waals surface area contributed by atoms with Gasteiger partial charge >= 0.3 is 6.18 Å². The molecule has 2 nitrogen and oxygen atoms in total. The first-order valence-corrected chi connectivity index (χ1v) is 8.35. The minimum atomic E-state index is -4.55. The third-order valence-electron chi connectivity index (χ3n) is 3.66. The fraction of sp³-hybridized carbons (Fsp3) is 0.500. The van der Waals surface area contributed by atoms with Gasteiger partial charge in [-0.15, -0.1) is 0 Å². The van der Waals surface area contributed by atoms with Gasteiger partial charge < -0.3 is 4.90 Å². The maximum atomic E-state index is 13.1. The third-order valence-corrected chi connectivity index (χ3v) is 5.49. The molecule has 1 heterocycles. The van der Waals surface area contributed by atoms with Gasteiger partial charge in [-0.25, -0.2) is 0 Å². The lowest BCUT2D eigenvalue weighted by atomic mass is 10.0. The number of nitrogens with zero attached hydrogens (tertiary/aromatic N) is 1. The van der Waals surface area contributed by atoms with E-state index in [0.29, 0.717) is 11.0 Å². The monoisotopic (exact) mass is 381 g/mol. The zero-order valence-corrected chi connectivity index (χ0v) is 14.0. The second kappa shape index (κ2) is 6.20. The Morgan fingerprint density at radius 3 is 2.67 bits per heavy atom. The molecule has 1 amide bonds. The molecule has 0 saturated carbocycles. The SMILES string of the molecule is CC1SCCN(C(=O)c2ccc(Br)cc2C(F)(F)F)C1C. The summed E-state index contributed by atoms with van der Waals surface area (Å²) in [6, 6.07) is 3.59. The van der Waals surface area contributed by atoms with E-state index in [4.69, 9.17) is 0 Å². The van der Waals surface area contributed by atoms with Crippen LogP contribution in [0.5, 0.6) is 0 Å². The van der Waals surface area contributed by atoms with Crippen LogP contribution < -0.4 is 0 Å². The largest absolute Gasteiger partial charge is 0.417 e. The van der Waals surface area contributed by atoms with E-state index in [1.54, 1.807) is 16.7 Å². The Morgan fingerprint density at radius 1 is 1.38 bits per heavy atom. The topological polar surface area (TPSA) is 20.3 Å². The summed E-state index contributed by atoms with van der Waals surface area (Å²) in [5.74, 6) is 0.198. The highest BCUT2D eigenvalue weighted by Gasteiger charge is 2.38. The van der Waals surface area contributed by atoms with Gasteiger partial charge in [-0.3, -0.25) is 4.79 Å². The van der Waals surface area contributed by atoms with Gasteiger partial charge in [0.1, 0.15) is 0 Å². The van der Waals surface area contributed by atoms with Crippen LogP contribution in [0.4, 0.5) is 13.2 Å². The molecule has 1 fully saturated rings. The number of amides is 1. The summed E-state index contributed by atoms with van der Waals surface area (Å²) in [5.41, 5.74) is -1.17. The molecule has 21 heavy (non-hydrogen) atoms. The van der Waals surface area contributed by atoms with Crippen molar-refractivity contribution in [1.82, 2.24) is 4.90 Å². The molecule has 1 aromatic rings. The lowest BCUT2D eigenvalue weighted by molar-refractivity contribution is -0.138. The van der Waals surface area contributed by atoms with Crippen molar-refractivity contribution in [3.63, 3.8) is 0 Å². The first kappa shape index (κ1) is 16.7. The third kappa shape index (κ3) is 3.56. The normalized spacial score (nSPS) is 23.2. The molecule has 2 atom stereocenters. The quantitative estimate of drug-likeness (QED) is 0.716. The molecule has 0 radical (unpaired) electrons. The van der Waals surface area contributed by atoms with E-state index in [1.165, 1.54) is 12.1 Å². The highest BCUT2D eigenvalue weighted by atomic mass is 79.9. The summed E-state index contributed by atoms with van der Waals surface area (Å²) in [6.45, 7) is 4.34. The average molecular weight is 382 g/mol. The molecular formula is C14H15BrF3NOS. The molecule has 0 aromatic heterocycles. The van der Waals surface area contributed by atoms with Crippen molar-refractivity contribution < 1.29 is 18.0 Å². The Kier molecular flexibility index (Phi) is 4.92. The summed E-state index contributed by atoms with van der Waals surface area (Å²) in [7, 11) is 0. The number of alkyl halides is 3. The predicted octanol–water partition coefficient (Wildman–Crippen LogP) is 4.43. The minimum Gasteiger partial charge on any atom is -0.334 e. The van der Waals surface area contributed by atoms with Crippen molar-refractivity contribution >= 4 is 33.6 Å². The van der Waals surface area contributed by atoms with E-state index in [-0.39, 0.29) is 16.9 Å². The van der Waals surface area contributed by atoms with Crippen LogP contribution >= 0.6 is 27.7 Å². The Labute approximate surface area is 134 Å². The molecule has 116 valence electrons. The number of thioether (sulfide) groups is 1. The van der Waals surface area contributed by atoms with E-state index in [2.05, 4.69) is 15.9 Å². The molecular weight excluding hydrogens is 367 g/mol. The van der Waals surface area contributed by atoms with E-state index in [1.807, 2.05) is 13.8 Å². The number of carbonyl (C=O) groups excluding carboxylic acids is 1. The molecule has 0 N–H and O–H groups in total. The number of hydrogen-bond donors (Lipinski definition) is 0. The Bertz CT molecular complexity index is 550. The molecule has 0 bridgehead atoms. The van der Waals surface area contributed by atoms with Gasteiger partial charge in [-0.05, 0) is 25.1 Å². The molecule has 2 rings (SSSR count). The maximum absolute atomic E-state index is 13.1. The van der Waals surface area contributed by atoms with Gasteiger partial charge in [-0.2, -0.15) is 24.9 Å². The number of hydrogen-bond acceptors (Lipinski definition) is 2. The molecule has 0 spiro atoms. The van der Waals surface area contributed by atoms with Crippen molar-refractivity contribution in [3.8, 4) is 0 Å². The molecule has 1 aliphatic rings. The Morgan fingerprint density at radius 2 is 2.05 bits per heavy atom. The highest BCUT2D eigenvalue weighted by Crippen LogP contribution is 2.35. The lowest BCUT2D eigenvalue weighted by Crippen LogP contribution is -2.48. The summed E-state index contributed by atoms with van der Waals surface area (Å²) < 4.78 is 39.7. The second-order valence-corrected chi connectivity index (χ2v) is 7.40. The lowest BCUT2D eigenvalue weighted by Gasteiger charge is -2.38. The fourth-order valence-corrected chi connectivity index (χ4v) is 3.77. The van der Waals surface area contributed by atoms with Crippen LogP contribution in [-0.4, -0.2) is 34.4 Å². The van der Waals surface area contributed by atoms with Gasteiger partial charge in [0.25, 0.3) is 5.91 Å². The van der Waals surface area contributed by atoms with Crippen molar-refractivity contribution in [2.24, 2.45) is 0 Å². The molecule has 1 aliphatic heterocycles. The molecule has 0 aliphatic carbocycles. The number of benzene rings is 1. The Balaban J connectivity index is 2.39. The standard InChI is InChI=1S/C14H15BrF3NOS/c1-8-9(2)21-6-5-19(8)13(20)11-4-3-10(15)7-12(11)14(16,17)18/h3-4,7-9H,5-6H2,1-2H3. The zero-order valence-electron chi connectivity index (χ0n) is 11.6. The van der Waals surface area contributed by atoms with Gasteiger partial charge in [0.2, 0.25) is 0 Å². The van der Waals surface area contributed by atoms with Crippen LogP contribution in [0.1, 0.15) is 29.8 Å². The van der Waals surface area contributed by atoms with Crippen molar-refractivity contribution in [1.29, 1.82) is 0 Å². The minimum absolute atomic E-state index is 0.0824. The van der Waals surface area contributed by atoms with Crippen LogP contribution in [0.15, 0.2) is 22.7 Å². The molecule has 1 aromatic carbocycles. The van der Waals surface area contributed by atoms with Crippen LogP contribution in [0.3, 0.4) is 0 Å². The van der Waals surface area contributed by atoms with Crippen molar-refractivity contribution in [3.05, 3.63) is 33.8 Å². The van der Waals surface area contributed by atoms with Crippen molar-refractivity contribution in [2.45, 2.75) is 31.3 Å². The first-order valence-electron chi connectivity index (χ1n) is 6.51. The highest BCUT2D eigenvalue weighted by molar-refractivity contribution is 9.10. The van der Waals surface area contributed by atoms with Gasteiger partial charge in [0, 0.05) is 28.1 Å². The number of carbonyl (C=O) groups is 1. The molecule has 1 saturated heterocycles. The summed E-state index contributed by atoms with van der Waals surface area (Å²) >= 11 is 4.76. The number of halogens is 4. The van der Waals surface area contributed by atoms with E-state index in [9.17, 15) is 18.0 Å². The predicted molar refractivity (Wildman–Crippen MR) is 81.6 cm³/mol. The summed E-state index contributed by atoms with van der Waals surface area (Å²) in [6.07, 6.45) is -4.55. The van der Waals surface area contributed by atoms with E-state index < -0.39 is 17.6 Å². The van der Waals surface area contributed by atoms with Crippen molar-refractivity contribution in [2.75, 3.05) is 12.3 Å². The van der Waals surface area contributed by atoms with Crippen LogP contribution in [0, 0.1) is 0 Å².